The summed E-state index contributed by atoms with van der Waals surface area (Å²) in [6.07, 6.45) is 7.02. The zero-order valence-electron chi connectivity index (χ0n) is 10.5. The molecular formula is C15H18N2. The van der Waals surface area contributed by atoms with Gasteiger partial charge in [0.2, 0.25) is 0 Å². The lowest BCUT2D eigenvalue weighted by molar-refractivity contribution is 0.652. The van der Waals surface area contributed by atoms with Crippen molar-refractivity contribution in [3.63, 3.8) is 0 Å². The number of aromatic nitrogens is 2. The van der Waals surface area contributed by atoms with E-state index in [0.29, 0.717) is 0 Å². The molecule has 0 fully saturated rings. The van der Waals surface area contributed by atoms with Gasteiger partial charge in [-0.3, -0.25) is 0 Å². The number of aryl methyl sites for hydroxylation is 2. The molecule has 1 aromatic heterocycles. The van der Waals surface area contributed by atoms with E-state index >= 15 is 0 Å². The van der Waals surface area contributed by atoms with Gasteiger partial charge in [-0.15, -0.1) is 0 Å². The van der Waals surface area contributed by atoms with Crippen molar-refractivity contribution in [2.24, 2.45) is 0 Å². The van der Waals surface area contributed by atoms with Crippen LogP contribution in [0.5, 0.6) is 0 Å². The molecule has 1 aliphatic carbocycles. The lowest BCUT2D eigenvalue weighted by Crippen LogP contribution is -2.09. The zero-order valence-corrected chi connectivity index (χ0v) is 10.5. The van der Waals surface area contributed by atoms with E-state index in [0.717, 1.165) is 0 Å². The Kier molecular flexibility index (Phi) is 2.50. The highest BCUT2D eigenvalue weighted by atomic mass is 15.3. The van der Waals surface area contributed by atoms with Gasteiger partial charge in [-0.05, 0) is 62.3 Å². The predicted molar refractivity (Wildman–Crippen MR) is 69.7 cm³/mol. The first-order valence-electron chi connectivity index (χ1n) is 6.40. The van der Waals surface area contributed by atoms with Crippen LogP contribution in [0.15, 0.2) is 24.4 Å². The number of hydrogen-bond donors (Lipinski definition) is 0. The highest BCUT2D eigenvalue weighted by Gasteiger charge is 2.16. The lowest BCUT2D eigenvalue weighted by Gasteiger charge is -2.16. The molecule has 1 heterocycles. The molecule has 0 bridgehead atoms. The molecule has 17 heavy (non-hydrogen) atoms. The Morgan fingerprint density at radius 3 is 2.82 bits per heavy atom. The fourth-order valence-corrected chi connectivity index (χ4v) is 2.66. The summed E-state index contributed by atoms with van der Waals surface area (Å²) in [5.74, 6) is 0. The van der Waals surface area contributed by atoms with E-state index in [4.69, 9.17) is 0 Å². The molecule has 0 unspecified atom stereocenters. The predicted octanol–water partition coefficient (Wildman–Crippen LogP) is 3.37. The third kappa shape index (κ3) is 1.68. The fraction of sp³-hybridized carbons (Fsp3) is 0.400. The zero-order chi connectivity index (χ0) is 11.8. The number of benzene rings is 1. The summed E-state index contributed by atoms with van der Waals surface area (Å²) in [4.78, 5) is 0. The minimum atomic E-state index is 1.17. The van der Waals surface area contributed by atoms with Gasteiger partial charge in [0.25, 0.3) is 0 Å². The second-order valence-electron chi connectivity index (χ2n) is 4.95. The van der Waals surface area contributed by atoms with Crippen LogP contribution in [-0.2, 0) is 12.8 Å². The van der Waals surface area contributed by atoms with Gasteiger partial charge in [-0.25, -0.2) is 4.68 Å². The van der Waals surface area contributed by atoms with Crippen molar-refractivity contribution in [1.29, 1.82) is 0 Å². The van der Waals surface area contributed by atoms with Crippen LogP contribution in [0.4, 0.5) is 0 Å². The summed E-state index contributed by atoms with van der Waals surface area (Å²) in [7, 11) is 0. The van der Waals surface area contributed by atoms with Crippen molar-refractivity contribution < 1.29 is 0 Å². The van der Waals surface area contributed by atoms with Crippen LogP contribution >= 0.6 is 0 Å². The maximum absolute atomic E-state index is 4.59. The van der Waals surface area contributed by atoms with Gasteiger partial charge in [-0.2, -0.15) is 5.10 Å². The Hall–Kier alpha value is -1.57. The topological polar surface area (TPSA) is 17.8 Å². The van der Waals surface area contributed by atoms with Crippen molar-refractivity contribution >= 4 is 0 Å². The normalized spacial score (nSPS) is 14.7. The maximum atomic E-state index is 4.59. The molecule has 0 saturated heterocycles. The van der Waals surface area contributed by atoms with Crippen LogP contribution in [0, 0.1) is 13.8 Å². The molecule has 3 rings (SSSR count). The Morgan fingerprint density at radius 1 is 1.12 bits per heavy atom. The summed E-state index contributed by atoms with van der Waals surface area (Å²) >= 11 is 0. The summed E-state index contributed by atoms with van der Waals surface area (Å²) in [5.41, 5.74) is 6.78. The summed E-state index contributed by atoms with van der Waals surface area (Å²) < 4.78 is 2.15. The lowest BCUT2D eigenvalue weighted by atomic mass is 9.98. The van der Waals surface area contributed by atoms with E-state index in [-0.39, 0.29) is 0 Å². The van der Waals surface area contributed by atoms with Gasteiger partial charge in [0.05, 0.1) is 11.9 Å². The number of fused-ring (bicyclic) bond motifs is 1. The van der Waals surface area contributed by atoms with Gasteiger partial charge >= 0.3 is 0 Å². The average molecular weight is 226 g/mol. The number of rotatable bonds is 1. The van der Waals surface area contributed by atoms with Crippen molar-refractivity contribution in [3.8, 4) is 5.69 Å². The first kappa shape index (κ1) is 10.6. The van der Waals surface area contributed by atoms with Crippen molar-refractivity contribution in [1.82, 2.24) is 9.78 Å². The van der Waals surface area contributed by atoms with E-state index in [1.165, 1.54) is 53.8 Å². The van der Waals surface area contributed by atoms with Crippen molar-refractivity contribution in [2.45, 2.75) is 39.5 Å². The molecule has 0 radical (unpaired) electrons. The molecule has 88 valence electrons. The standard InChI is InChI=1S/C15H18N2/c1-11-6-5-9-14(12(11)2)17-15-8-4-3-7-13(15)10-16-17/h5-6,9-10H,3-4,7-8H2,1-2H3. The van der Waals surface area contributed by atoms with Gasteiger partial charge < -0.3 is 0 Å². The SMILES string of the molecule is Cc1cccc(-n2ncc3c2CCCC3)c1C. The smallest absolute Gasteiger partial charge is 0.0680 e. The summed E-state index contributed by atoms with van der Waals surface area (Å²) in [6.45, 7) is 4.34. The van der Waals surface area contributed by atoms with Crippen molar-refractivity contribution in [2.75, 3.05) is 0 Å². The second-order valence-corrected chi connectivity index (χ2v) is 4.95. The molecule has 0 N–H and O–H groups in total. The average Bonchev–Trinajstić information content (AvgIpc) is 2.77. The Bertz CT molecular complexity index is 552. The van der Waals surface area contributed by atoms with Gasteiger partial charge in [0.1, 0.15) is 0 Å². The highest BCUT2D eigenvalue weighted by molar-refractivity contribution is 5.46. The number of hydrogen-bond acceptors (Lipinski definition) is 1. The maximum Gasteiger partial charge on any atom is 0.0680 e. The van der Waals surface area contributed by atoms with E-state index in [1.807, 2.05) is 0 Å². The van der Waals surface area contributed by atoms with Crippen LogP contribution in [0.3, 0.4) is 0 Å². The van der Waals surface area contributed by atoms with E-state index in [1.54, 1.807) is 0 Å². The third-order valence-corrected chi connectivity index (χ3v) is 3.87. The molecule has 2 aromatic rings. The van der Waals surface area contributed by atoms with Crippen molar-refractivity contribution in [3.05, 3.63) is 46.8 Å². The third-order valence-electron chi connectivity index (χ3n) is 3.87. The molecule has 0 aliphatic heterocycles. The van der Waals surface area contributed by atoms with Crippen LogP contribution < -0.4 is 0 Å². The fourth-order valence-electron chi connectivity index (χ4n) is 2.66. The molecule has 0 spiro atoms. The molecule has 2 nitrogen and oxygen atoms in total. The van der Waals surface area contributed by atoms with Crippen LogP contribution in [0.1, 0.15) is 35.2 Å². The molecule has 1 aromatic carbocycles. The quantitative estimate of drug-likeness (QED) is 0.729. The molecule has 0 amide bonds. The Morgan fingerprint density at radius 2 is 1.94 bits per heavy atom. The Balaban J connectivity index is 2.15. The van der Waals surface area contributed by atoms with Gasteiger partial charge in [-0.1, -0.05) is 12.1 Å². The first-order valence-corrected chi connectivity index (χ1v) is 6.40. The minimum Gasteiger partial charge on any atom is -0.237 e. The largest absolute Gasteiger partial charge is 0.237 e. The molecule has 0 saturated carbocycles. The molecule has 2 heteroatoms. The first-order chi connectivity index (χ1) is 8.27. The highest BCUT2D eigenvalue weighted by Crippen LogP contribution is 2.25. The summed E-state index contributed by atoms with van der Waals surface area (Å²) in [6, 6.07) is 6.45. The van der Waals surface area contributed by atoms with Gasteiger partial charge in [0, 0.05) is 5.69 Å². The van der Waals surface area contributed by atoms with E-state index < -0.39 is 0 Å². The van der Waals surface area contributed by atoms with Crippen LogP contribution in [-0.4, -0.2) is 9.78 Å². The molecule has 0 atom stereocenters. The number of nitrogens with zero attached hydrogens (tertiary/aromatic N) is 2. The molecular weight excluding hydrogens is 208 g/mol. The minimum absolute atomic E-state index is 1.17. The summed E-state index contributed by atoms with van der Waals surface area (Å²) in [5, 5.41) is 4.59. The van der Waals surface area contributed by atoms with E-state index in [2.05, 4.69) is 48.0 Å². The van der Waals surface area contributed by atoms with E-state index in [9.17, 15) is 0 Å². The monoisotopic (exact) mass is 226 g/mol. The second kappa shape index (κ2) is 4.02. The van der Waals surface area contributed by atoms with Crippen LogP contribution in [0.25, 0.3) is 5.69 Å². The Labute approximate surface area is 102 Å². The van der Waals surface area contributed by atoms with Gasteiger partial charge in [0.15, 0.2) is 0 Å². The van der Waals surface area contributed by atoms with Crippen LogP contribution in [0.2, 0.25) is 0 Å². The molecule has 1 aliphatic rings.